The van der Waals surface area contributed by atoms with Crippen LogP contribution in [-0.2, 0) is 6.61 Å². The van der Waals surface area contributed by atoms with Gasteiger partial charge in [-0.25, -0.2) is 4.39 Å². The van der Waals surface area contributed by atoms with Crippen LogP contribution in [0.25, 0.3) is 0 Å². The number of rotatable bonds is 4. The standard InChI is InChI=1S/C16H18FN3O2/c17-11-1-3-12(4-2-11)21-10-14-19-15(22-20-14)13-9-16(13)5-7-18-8-6-16/h1-4,13,18H,5-10H2. The van der Waals surface area contributed by atoms with Gasteiger partial charge >= 0.3 is 0 Å². The highest BCUT2D eigenvalue weighted by molar-refractivity contribution is 5.22. The highest BCUT2D eigenvalue weighted by Crippen LogP contribution is 2.63. The molecule has 1 aromatic heterocycles. The molecule has 1 N–H and O–H groups in total. The number of aromatic nitrogens is 2. The maximum atomic E-state index is 12.8. The van der Waals surface area contributed by atoms with Crippen molar-refractivity contribution < 1.29 is 13.7 Å². The molecule has 1 aliphatic heterocycles. The molecule has 6 heteroatoms. The lowest BCUT2D eigenvalue weighted by Crippen LogP contribution is -2.29. The van der Waals surface area contributed by atoms with Crippen LogP contribution in [0.4, 0.5) is 4.39 Å². The van der Waals surface area contributed by atoms with Gasteiger partial charge in [-0.05, 0) is 62.0 Å². The number of nitrogens with one attached hydrogen (secondary N) is 1. The Bertz CT molecular complexity index is 650. The van der Waals surface area contributed by atoms with Gasteiger partial charge in [0.2, 0.25) is 11.7 Å². The van der Waals surface area contributed by atoms with E-state index in [9.17, 15) is 4.39 Å². The van der Waals surface area contributed by atoms with Crippen molar-refractivity contribution in [2.24, 2.45) is 5.41 Å². The smallest absolute Gasteiger partial charge is 0.230 e. The normalized spacial score (nSPS) is 22.7. The molecule has 4 rings (SSSR count). The highest BCUT2D eigenvalue weighted by Gasteiger charge is 2.57. The monoisotopic (exact) mass is 303 g/mol. The molecule has 2 aliphatic rings. The van der Waals surface area contributed by atoms with E-state index in [0.29, 0.717) is 22.9 Å². The Morgan fingerprint density at radius 2 is 2.05 bits per heavy atom. The topological polar surface area (TPSA) is 60.2 Å². The number of halogens is 1. The van der Waals surface area contributed by atoms with Gasteiger partial charge < -0.3 is 14.6 Å². The summed E-state index contributed by atoms with van der Waals surface area (Å²) in [5.74, 6) is 1.99. The van der Waals surface area contributed by atoms with Crippen molar-refractivity contribution in [1.82, 2.24) is 15.5 Å². The third-order valence-electron chi connectivity index (χ3n) is 4.75. The van der Waals surface area contributed by atoms with Crippen molar-refractivity contribution in [2.75, 3.05) is 13.1 Å². The molecule has 0 radical (unpaired) electrons. The third-order valence-corrected chi connectivity index (χ3v) is 4.75. The number of piperidine rings is 1. The molecule has 2 fully saturated rings. The van der Waals surface area contributed by atoms with Gasteiger partial charge in [-0.3, -0.25) is 0 Å². The van der Waals surface area contributed by atoms with Gasteiger partial charge in [0.15, 0.2) is 6.61 Å². The Hall–Kier alpha value is -1.95. The van der Waals surface area contributed by atoms with Crippen molar-refractivity contribution >= 4 is 0 Å². The summed E-state index contributed by atoms with van der Waals surface area (Å²) in [6.07, 6.45) is 3.51. The van der Waals surface area contributed by atoms with Crippen LogP contribution in [0, 0.1) is 11.2 Å². The zero-order valence-corrected chi connectivity index (χ0v) is 12.2. The van der Waals surface area contributed by atoms with E-state index in [4.69, 9.17) is 9.26 Å². The first-order valence-electron chi connectivity index (χ1n) is 7.67. The van der Waals surface area contributed by atoms with Crippen molar-refractivity contribution in [2.45, 2.75) is 31.8 Å². The number of nitrogens with zero attached hydrogens (tertiary/aromatic N) is 2. The molecule has 1 saturated carbocycles. The molecule has 1 unspecified atom stereocenters. The van der Waals surface area contributed by atoms with E-state index in [2.05, 4.69) is 15.5 Å². The average Bonchev–Trinajstić information content (AvgIpc) is 3.03. The molecule has 1 saturated heterocycles. The van der Waals surface area contributed by atoms with Crippen LogP contribution in [0.2, 0.25) is 0 Å². The maximum Gasteiger partial charge on any atom is 0.230 e. The first-order chi connectivity index (χ1) is 10.8. The molecule has 22 heavy (non-hydrogen) atoms. The third kappa shape index (κ3) is 2.59. The molecule has 0 amide bonds. The molecule has 2 heterocycles. The van der Waals surface area contributed by atoms with E-state index in [1.54, 1.807) is 12.1 Å². The Labute approximate surface area is 127 Å². The molecule has 5 nitrogen and oxygen atoms in total. The number of ether oxygens (including phenoxy) is 1. The Kier molecular flexibility index (Phi) is 3.33. The average molecular weight is 303 g/mol. The van der Waals surface area contributed by atoms with E-state index < -0.39 is 0 Å². The SMILES string of the molecule is Fc1ccc(OCc2noc(C3CC34CCNCC4)n2)cc1. The summed E-state index contributed by atoms with van der Waals surface area (Å²) < 4.78 is 23.8. The predicted octanol–water partition coefficient (Wildman–Crippen LogP) is 2.64. The van der Waals surface area contributed by atoms with Crippen LogP contribution in [0.15, 0.2) is 28.8 Å². The van der Waals surface area contributed by atoms with Gasteiger partial charge in [0.25, 0.3) is 0 Å². The summed E-state index contributed by atoms with van der Waals surface area (Å²) >= 11 is 0. The van der Waals surface area contributed by atoms with Gasteiger partial charge in [0.1, 0.15) is 11.6 Å². The van der Waals surface area contributed by atoms with Crippen LogP contribution in [-0.4, -0.2) is 23.2 Å². The Morgan fingerprint density at radius 3 is 2.82 bits per heavy atom. The maximum absolute atomic E-state index is 12.8. The van der Waals surface area contributed by atoms with E-state index in [0.717, 1.165) is 25.4 Å². The zero-order valence-electron chi connectivity index (χ0n) is 12.2. The van der Waals surface area contributed by atoms with E-state index in [1.807, 2.05) is 0 Å². The van der Waals surface area contributed by atoms with Crippen LogP contribution >= 0.6 is 0 Å². The van der Waals surface area contributed by atoms with Crippen LogP contribution in [0.3, 0.4) is 0 Å². The second-order valence-electron chi connectivity index (χ2n) is 6.16. The Balaban J connectivity index is 1.37. The number of hydrogen-bond acceptors (Lipinski definition) is 5. The van der Waals surface area contributed by atoms with Gasteiger partial charge in [-0.1, -0.05) is 5.16 Å². The zero-order chi connectivity index (χ0) is 15.0. The largest absolute Gasteiger partial charge is 0.485 e. The molecular weight excluding hydrogens is 285 g/mol. The molecule has 1 atom stereocenters. The minimum Gasteiger partial charge on any atom is -0.485 e. The highest BCUT2D eigenvalue weighted by atomic mass is 19.1. The lowest BCUT2D eigenvalue weighted by Gasteiger charge is -2.22. The molecule has 116 valence electrons. The fourth-order valence-electron chi connectivity index (χ4n) is 3.32. The van der Waals surface area contributed by atoms with Crippen LogP contribution in [0.5, 0.6) is 5.75 Å². The van der Waals surface area contributed by atoms with Crippen LogP contribution < -0.4 is 10.1 Å². The summed E-state index contributed by atoms with van der Waals surface area (Å²) in [4.78, 5) is 4.46. The summed E-state index contributed by atoms with van der Waals surface area (Å²) in [6.45, 7) is 2.38. The van der Waals surface area contributed by atoms with Crippen molar-refractivity contribution in [3.8, 4) is 5.75 Å². The van der Waals surface area contributed by atoms with Gasteiger partial charge in [0, 0.05) is 5.92 Å². The van der Waals surface area contributed by atoms with Gasteiger partial charge in [0.05, 0.1) is 0 Å². The fraction of sp³-hybridized carbons (Fsp3) is 0.500. The van der Waals surface area contributed by atoms with Gasteiger partial charge in [-0.2, -0.15) is 4.98 Å². The van der Waals surface area contributed by atoms with Crippen LogP contribution in [0.1, 0.15) is 36.9 Å². The number of hydrogen-bond donors (Lipinski definition) is 1. The molecular formula is C16H18FN3O2. The number of benzene rings is 1. The Morgan fingerprint density at radius 1 is 1.27 bits per heavy atom. The molecule has 2 aromatic rings. The quantitative estimate of drug-likeness (QED) is 0.941. The summed E-state index contributed by atoms with van der Waals surface area (Å²) in [7, 11) is 0. The predicted molar refractivity (Wildman–Crippen MR) is 76.9 cm³/mol. The lowest BCUT2D eigenvalue weighted by atomic mass is 9.92. The van der Waals surface area contributed by atoms with E-state index in [-0.39, 0.29) is 12.4 Å². The molecule has 1 spiro atoms. The summed E-state index contributed by atoms with van der Waals surface area (Å²) in [5.41, 5.74) is 0.382. The second-order valence-corrected chi connectivity index (χ2v) is 6.16. The first kappa shape index (κ1) is 13.7. The van der Waals surface area contributed by atoms with E-state index in [1.165, 1.54) is 25.0 Å². The molecule has 1 aliphatic carbocycles. The minimum atomic E-state index is -0.282. The van der Waals surface area contributed by atoms with Crippen molar-refractivity contribution in [1.29, 1.82) is 0 Å². The molecule has 0 bridgehead atoms. The van der Waals surface area contributed by atoms with E-state index >= 15 is 0 Å². The lowest BCUT2D eigenvalue weighted by molar-refractivity contribution is 0.282. The summed E-state index contributed by atoms with van der Waals surface area (Å²) in [5, 5.41) is 7.37. The van der Waals surface area contributed by atoms with Gasteiger partial charge in [-0.15, -0.1) is 0 Å². The fourth-order valence-corrected chi connectivity index (χ4v) is 3.32. The first-order valence-corrected chi connectivity index (χ1v) is 7.67. The second kappa shape index (κ2) is 5.35. The van der Waals surface area contributed by atoms with Crippen molar-refractivity contribution in [3.63, 3.8) is 0 Å². The van der Waals surface area contributed by atoms with Crippen molar-refractivity contribution in [3.05, 3.63) is 41.8 Å². The molecule has 1 aromatic carbocycles. The minimum absolute atomic E-state index is 0.233. The summed E-state index contributed by atoms with van der Waals surface area (Å²) in [6, 6.07) is 5.90.